The first kappa shape index (κ1) is 12.7. The second-order valence-corrected chi connectivity index (χ2v) is 4.92. The van der Waals surface area contributed by atoms with Gasteiger partial charge in [0.05, 0.1) is 5.02 Å². The fourth-order valence-corrected chi connectivity index (χ4v) is 2.36. The molecule has 1 aliphatic rings. The highest BCUT2D eigenvalue weighted by Gasteiger charge is 2.15. The molecule has 0 amide bonds. The van der Waals surface area contributed by atoms with Crippen LogP contribution in [0, 0.1) is 0 Å². The molecule has 0 aromatic heterocycles. The van der Waals surface area contributed by atoms with Gasteiger partial charge in [-0.1, -0.05) is 30.1 Å². The molecule has 1 aromatic rings. The Hall–Kier alpha value is -0.700. The quantitative estimate of drug-likeness (QED) is 0.842. The van der Waals surface area contributed by atoms with Gasteiger partial charge in [-0.25, -0.2) is 0 Å². The molecule has 0 saturated heterocycles. The van der Waals surface area contributed by atoms with Crippen molar-refractivity contribution in [3.8, 4) is 5.75 Å². The van der Waals surface area contributed by atoms with E-state index in [4.69, 9.17) is 27.9 Å². The molecule has 1 aromatic carbocycles. The van der Waals surface area contributed by atoms with Crippen LogP contribution in [0.1, 0.15) is 18.9 Å². The minimum absolute atomic E-state index is 0.573. The van der Waals surface area contributed by atoms with Crippen molar-refractivity contribution in [1.82, 2.24) is 5.32 Å². The van der Waals surface area contributed by atoms with E-state index in [0.29, 0.717) is 16.7 Å². The first-order valence-corrected chi connectivity index (χ1v) is 6.48. The molecule has 2 nitrogen and oxygen atoms in total. The van der Waals surface area contributed by atoms with Crippen molar-refractivity contribution in [1.29, 1.82) is 0 Å². The molecule has 1 heterocycles. The highest BCUT2D eigenvalue weighted by molar-refractivity contribution is 6.36. The molecule has 2 rings (SSSR count). The van der Waals surface area contributed by atoms with Crippen molar-refractivity contribution < 1.29 is 4.74 Å². The number of hydrogen-bond acceptors (Lipinski definition) is 2. The molecule has 0 fully saturated rings. The summed E-state index contributed by atoms with van der Waals surface area (Å²) >= 11 is 12.0. The first-order chi connectivity index (χ1) is 8.20. The van der Waals surface area contributed by atoms with Crippen LogP contribution in [0.3, 0.4) is 0 Å². The Morgan fingerprint density at radius 1 is 1.35 bits per heavy atom. The van der Waals surface area contributed by atoms with Crippen molar-refractivity contribution in [2.45, 2.75) is 13.3 Å². The fourth-order valence-electron chi connectivity index (χ4n) is 1.79. The third-order valence-corrected chi connectivity index (χ3v) is 3.08. The van der Waals surface area contributed by atoms with Gasteiger partial charge in [0, 0.05) is 17.1 Å². The third-order valence-electron chi connectivity index (χ3n) is 2.58. The van der Waals surface area contributed by atoms with Gasteiger partial charge in [0.15, 0.2) is 0 Å². The van der Waals surface area contributed by atoms with E-state index in [9.17, 15) is 0 Å². The molecule has 1 aliphatic heterocycles. The molecule has 0 radical (unpaired) electrons. The number of halogens is 2. The van der Waals surface area contributed by atoms with E-state index in [2.05, 4.69) is 18.3 Å². The summed E-state index contributed by atoms with van der Waals surface area (Å²) in [4.78, 5) is 0. The van der Waals surface area contributed by atoms with Crippen molar-refractivity contribution in [3.05, 3.63) is 33.3 Å². The molecule has 0 saturated carbocycles. The maximum Gasteiger partial charge on any atom is 0.145 e. The summed E-state index contributed by atoms with van der Waals surface area (Å²) in [5.74, 6) is 0.732. The minimum atomic E-state index is 0.573. The summed E-state index contributed by atoms with van der Waals surface area (Å²) in [5.41, 5.74) is 2.17. The maximum atomic E-state index is 6.07. The van der Waals surface area contributed by atoms with Crippen molar-refractivity contribution in [2.24, 2.45) is 0 Å². The van der Waals surface area contributed by atoms with Crippen LogP contribution in [0.4, 0.5) is 0 Å². The van der Waals surface area contributed by atoms with E-state index in [1.165, 1.54) is 5.57 Å². The standard InChI is InChI=1S/C13H15Cl2NO/c1-2-3-16-7-9-4-10-5-11(14)6-12(15)13(10)17-8-9/h4-6,16H,2-3,7-8H2,1H3. The Morgan fingerprint density at radius 3 is 2.94 bits per heavy atom. The summed E-state index contributed by atoms with van der Waals surface area (Å²) in [7, 11) is 0. The number of ether oxygens (including phenoxy) is 1. The second-order valence-electron chi connectivity index (χ2n) is 4.07. The molecule has 0 atom stereocenters. The summed E-state index contributed by atoms with van der Waals surface area (Å²) in [6, 6.07) is 3.58. The Bertz CT molecular complexity index is 443. The average molecular weight is 272 g/mol. The molecule has 1 N–H and O–H groups in total. The molecule has 4 heteroatoms. The minimum Gasteiger partial charge on any atom is -0.487 e. The van der Waals surface area contributed by atoms with E-state index in [1.807, 2.05) is 6.07 Å². The van der Waals surface area contributed by atoms with Gasteiger partial charge < -0.3 is 10.1 Å². The van der Waals surface area contributed by atoms with Gasteiger partial charge >= 0.3 is 0 Å². The van der Waals surface area contributed by atoms with Gasteiger partial charge in [-0.3, -0.25) is 0 Å². The van der Waals surface area contributed by atoms with E-state index in [0.717, 1.165) is 30.8 Å². The number of nitrogens with one attached hydrogen (secondary N) is 1. The zero-order chi connectivity index (χ0) is 12.3. The van der Waals surface area contributed by atoms with Gasteiger partial charge in [-0.15, -0.1) is 0 Å². The lowest BCUT2D eigenvalue weighted by molar-refractivity contribution is 0.343. The summed E-state index contributed by atoms with van der Waals surface area (Å²) in [6.07, 6.45) is 3.22. The number of fused-ring (bicyclic) bond motifs is 1. The predicted octanol–water partition coefficient (Wildman–Crippen LogP) is 3.77. The van der Waals surface area contributed by atoms with Crippen molar-refractivity contribution in [2.75, 3.05) is 19.7 Å². The van der Waals surface area contributed by atoms with Crippen molar-refractivity contribution >= 4 is 29.3 Å². The topological polar surface area (TPSA) is 21.3 Å². The predicted molar refractivity (Wildman–Crippen MR) is 73.1 cm³/mol. The largest absolute Gasteiger partial charge is 0.487 e. The lowest BCUT2D eigenvalue weighted by Crippen LogP contribution is -2.22. The molecule has 0 aliphatic carbocycles. The van der Waals surface area contributed by atoms with Gasteiger partial charge in [0.25, 0.3) is 0 Å². The van der Waals surface area contributed by atoms with Crippen LogP contribution in [-0.2, 0) is 0 Å². The Morgan fingerprint density at radius 2 is 2.18 bits per heavy atom. The lowest BCUT2D eigenvalue weighted by atomic mass is 10.1. The fraction of sp³-hybridized carbons (Fsp3) is 0.385. The first-order valence-electron chi connectivity index (χ1n) is 5.72. The number of hydrogen-bond donors (Lipinski definition) is 1. The van der Waals surface area contributed by atoms with Crippen molar-refractivity contribution in [3.63, 3.8) is 0 Å². The van der Waals surface area contributed by atoms with Crippen LogP contribution in [0.15, 0.2) is 17.7 Å². The Kier molecular flexibility index (Phi) is 4.32. The summed E-state index contributed by atoms with van der Waals surface area (Å²) in [5, 5.41) is 4.56. The smallest absolute Gasteiger partial charge is 0.145 e. The SMILES string of the molecule is CCCNCC1=Cc2cc(Cl)cc(Cl)c2OC1. The molecule has 92 valence electrons. The highest BCUT2D eigenvalue weighted by Crippen LogP contribution is 2.36. The van der Waals surface area contributed by atoms with Gasteiger partial charge in [-0.05, 0) is 36.7 Å². The van der Waals surface area contributed by atoms with Gasteiger partial charge in [-0.2, -0.15) is 0 Å². The van der Waals surface area contributed by atoms with Crippen LogP contribution in [0.25, 0.3) is 6.08 Å². The third kappa shape index (κ3) is 3.15. The Labute approximate surface area is 112 Å². The summed E-state index contributed by atoms with van der Waals surface area (Å²) in [6.45, 7) is 4.59. The lowest BCUT2D eigenvalue weighted by Gasteiger charge is -2.19. The van der Waals surface area contributed by atoms with Crippen LogP contribution < -0.4 is 10.1 Å². The highest BCUT2D eigenvalue weighted by atomic mass is 35.5. The summed E-state index contributed by atoms with van der Waals surface area (Å²) < 4.78 is 5.65. The second kappa shape index (κ2) is 5.76. The number of benzene rings is 1. The molecule has 0 bridgehead atoms. The van der Waals surface area contributed by atoms with Crippen LogP contribution in [0.5, 0.6) is 5.75 Å². The van der Waals surface area contributed by atoms with Gasteiger partial charge in [0.1, 0.15) is 12.4 Å². The molecule has 0 unspecified atom stereocenters. The van der Waals surface area contributed by atoms with Crippen LogP contribution in [-0.4, -0.2) is 19.7 Å². The molecular formula is C13H15Cl2NO. The van der Waals surface area contributed by atoms with E-state index in [-0.39, 0.29) is 0 Å². The Balaban J connectivity index is 2.16. The normalized spacial score (nSPS) is 13.9. The van der Waals surface area contributed by atoms with E-state index < -0.39 is 0 Å². The van der Waals surface area contributed by atoms with Crippen LogP contribution in [0.2, 0.25) is 10.0 Å². The maximum absolute atomic E-state index is 6.07. The molecule has 0 spiro atoms. The van der Waals surface area contributed by atoms with E-state index >= 15 is 0 Å². The molecule has 17 heavy (non-hydrogen) atoms. The monoisotopic (exact) mass is 271 g/mol. The zero-order valence-electron chi connectivity index (χ0n) is 9.72. The van der Waals surface area contributed by atoms with Gasteiger partial charge in [0.2, 0.25) is 0 Å². The van der Waals surface area contributed by atoms with E-state index in [1.54, 1.807) is 6.07 Å². The molecular weight excluding hydrogens is 257 g/mol. The average Bonchev–Trinajstić information content (AvgIpc) is 2.28. The van der Waals surface area contributed by atoms with Crippen LogP contribution >= 0.6 is 23.2 Å². The zero-order valence-corrected chi connectivity index (χ0v) is 11.2. The number of rotatable bonds is 4.